The van der Waals surface area contributed by atoms with E-state index in [0.717, 1.165) is 32.2 Å². The molecule has 2 fully saturated rings. The predicted molar refractivity (Wildman–Crippen MR) is 106 cm³/mol. The Balaban J connectivity index is 0.00000243. The molecule has 1 aliphatic heterocycles. The van der Waals surface area contributed by atoms with Crippen LogP contribution in [-0.4, -0.2) is 54.3 Å². The van der Waals surface area contributed by atoms with E-state index in [2.05, 4.69) is 0 Å². The molecule has 2 aliphatic rings. The Morgan fingerprint density at radius 1 is 1.00 bits per heavy atom. The van der Waals surface area contributed by atoms with Crippen LogP contribution in [0.3, 0.4) is 0 Å². The fourth-order valence-corrected chi connectivity index (χ4v) is 4.12. The molecule has 0 aromatic heterocycles. The van der Waals surface area contributed by atoms with Gasteiger partial charge in [0.25, 0.3) is 5.91 Å². The van der Waals surface area contributed by atoms with Gasteiger partial charge in [-0.25, -0.2) is 0 Å². The zero-order chi connectivity index (χ0) is 17.8. The van der Waals surface area contributed by atoms with Gasteiger partial charge in [0.05, 0.1) is 0 Å². The average Bonchev–Trinajstić information content (AvgIpc) is 2.97. The quantitative estimate of drug-likeness (QED) is 0.849. The lowest BCUT2D eigenvalue weighted by molar-refractivity contribution is -0.136. The van der Waals surface area contributed by atoms with Crippen LogP contribution in [0.2, 0.25) is 5.02 Å². The maximum absolute atomic E-state index is 12.9. The fraction of sp³-hybridized carbons (Fsp3) is 0.579. The molecule has 2 N–H and O–H groups in total. The molecule has 1 saturated carbocycles. The summed E-state index contributed by atoms with van der Waals surface area (Å²) in [6, 6.07) is 6.97. The summed E-state index contributed by atoms with van der Waals surface area (Å²) in [5, 5.41) is 0.621. The maximum atomic E-state index is 12.9. The van der Waals surface area contributed by atoms with Gasteiger partial charge in [0.15, 0.2) is 0 Å². The number of nitrogens with two attached hydrogens (primary N) is 1. The smallest absolute Gasteiger partial charge is 0.253 e. The van der Waals surface area contributed by atoms with Crippen molar-refractivity contribution in [2.75, 3.05) is 32.7 Å². The normalized spacial score (nSPS) is 23.3. The van der Waals surface area contributed by atoms with E-state index in [1.54, 1.807) is 24.3 Å². The summed E-state index contributed by atoms with van der Waals surface area (Å²) >= 11 is 5.89. The third-order valence-corrected chi connectivity index (χ3v) is 5.72. The highest BCUT2D eigenvalue weighted by Gasteiger charge is 2.35. The summed E-state index contributed by atoms with van der Waals surface area (Å²) in [6.45, 7) is 3.16. The van der Waals surface area contributed by atoms with E-state index >= 15 is 0 Å². The first-order valence-electron chi connectivity index (χ1n) is 9.14. The minimum atomic E-state index is 0. The molecule has 1 aromatic carbocycles. The molecule has 2 amide bonds. The Morgan fingerprint density at radius 2 is 1.65 bits per heavy atom. The van der Waals surface area contributed by atoms with Crippen LogP contribution >= 0.6 is 24.0 Å². The molecule has 0 bridgehead atoms. The number of hydrogen-bond donors (Lipinski definition) is 1. The molecule has 0 unspecified atom stereocenters. The number of benzene rings is 1. The topological polar surface area (TPSA) is 66.6 Å². The summed E-state index contributed by atoms with van der Waals surface area (Å²) < 4.78 is 0. The van der Waals surface area contributed by atoms with Crippen LogP contribution < -0.4 is 5.73 Å². The van der Waals surface area contributed by atoms with E-state index in [9.17, 15) is 9.59 Å². The van der Waals surface area contributed by atoms with Crippen molar-refractivity contribution < 1.29 is 9.59 Å². The molecular formula is C19H27Cl2N3O2. The van der Waals surface area contributed by atoms with E-state index in [-0.39, 0.29) is 30.1 Å². The minimum Gasteiger partial charge on any atom is -0.341 e. The fourth-order valence-electron chi connectivity index (χ4n) is 3.99. The van der Waals surface area contributed by atoms with Crippen molar-refractivity contribution in [3.63, 3.8) is 0 Å². The first kappa shape index (κ1) is 21.0. The highest BCUT2D eigenvalue weighted by atomic mass is 35.5. The number of nitrogens with zero attached hydrogens (tertiary/aromatic N) is 2. The molecule has 5 nitrogen and oxygen atoms in total. The van der Waals surface area contributed by atoms with Gasteiger partial charge >= 0.3 is 0 Å². The highest BCUT2D eigenvalue weighted by Crippen LogP contribution is 2.32. The predicted octanol–water partition coefficient (Wildman–Crippen LogP) is 2.81. The van der Waals surface area contributed by atoms with Crippen molar-refractivity contribution in [2.24, 2.45) is 17.6 Å². The molecule has 1 saturated heterocycles. The number of amides is 2. The number of carbonyl (C=O) groups excluding carboxylic acids is 2. The minimum absolute atomic E-state index is 0. The van der Waals surface area contributed by atoms with Gasteiger partial charge in [-0.3, -0.25) is 9.59 Å². The molecule has 26 heavy (non-hydrogen) atoms. The van der Waals surface area contributed by atoms with Gasteiger partial charge in [-0.05, 0) is 56.0 Å². The standard InChI is InChI=1S/C19H26ClN3O2.ClH/c20-16-7-5-14(6-8-16)18(24)22-9-2-10-23(12-11-22)19(25)17-4-1-3-15(17)13-21;/h5-8,15,17H,1-4,9-13,21H2;1H/t15-,17-;/m1./s1. The van der Waals surface area contributed by atoms with Crippen LogP contribution in [0.4, 0.5) is 0 Å². The molecule has 2 atom stereocenters. The van der Waals surface area contributed by atoms with Gasteiger partial charge in [0, 0.05) is 42.7 Å². The SMILES string of the molecule is Cl.NC[C@H]1CCC[C@H]1C(=O)N1CCCN(C(=O)c2ccc(Cl)cc2)CC1. The lowest BCUT2D eigenvalue weighted by Gasteiger charge is -2.27. The second-order valence-electron chi connectivity index (χ2n) is 7.01. The number of rotatable bonds is 3. The van der Waals surface area contributed by atoms with Crippen molar-refractivity contribution in [3.8, 4) is 0 Å². The van der Waals surface area contributed by atoms with Crippen molar-refractivity contribution in [1.82, 2.24) is 9.80 Å². The number of hydrogen-bond acceptors (Lipinski definition) is 3. The number of halogens is 2. The molecule has 1 aliphatic carbocycles. The number of carbonyl (C=O) groups is 2. The third kappa shape index (κ3) is 4.70. The first-order valence-corrected chi connectivity index (χ1v) is 9.51. The molecule has 1 heterocycles. The largest absolute Gasteiger partial charge is 0.341 e. The Hall–Kier alpha value is -1.30. The Bertz CT molecular complexity index is 624. The van der Waals surface area contributed by atoms with Crippen molar-refractivity contribution in [3.05, 3.63) is 34.9 Å². The molecule has 0 spiro atoms. The molecule has 1 aromatic rings. The van der Waals surface area contributed by atoms with E-state index in [4.69, 9.17) is 17.3 Å². The van der Waals surface area contributed by atoms with Gasteiger partial charge in [-0.1, -0.05) is 18.0 Å². The summed E-state index contributed by atoms with van der Waals surface area (Å²) in [4.78, 5) is 29.3. The van der Waals surface area contributed by atoms with Crippen LogP contribution in [-0.2, 0) is 4.79 Å². The van der Waals surface area contributed by atoms with Gasteiger partial charge < -0.3 is 15.5 Å². The van der Waals surface area contributed by atoms with E-state index in [0.29, 0.717) is 42.7 Å². The van der Waals surface area contributed by atoms with Gasteiger partial charge in [-0.15, -0.1) is 12.4 Å². The van der Waals surface area contributed by atoms with E-state index < -0.39 is 0 Å². The zero-order valence-corrected chi connectivity index (χ0v) is 16.5. The second-order valence-corrected chi connectivity index (χ2v) is 7.45. The van der Waals surface area contributed by atoms with Gasteiger partial charge in [0.1, 0.15) is 0 Å². The molecular weight excluding hydrogens is 373 g/mol. The van der Waals surface area contributed by atoms with Gasteiger partial charge in [0.2, 0.25) is 5.91 Å². The summed E-state index contributed by atoms with van der Waals surface area (Å²) in [5.41, 5.74) is 6.47. The second kappa shape index (κ2) is 9.58. The van der Waals surface area contributed by atoms with Crippen LogP contribution in [0.1, 0.15) is 36.0 Å². The van der Waals surface area contributed by atoms with Crippen LogP contribution in [0.25, 0.3) is 0 Å². The monoisotopic (exact) mass is 399 g/mol. The summed E-state index contributed by atoms with van der Waals surface area (Å²) in [6.07, 6.45) is 3.91. The van der Waals surface area contributed by atoms with Crippen molar-refractivity contribution >= 4 is 35.8 Å². The summed E-state index contributed by atoms with van der Waals surface area (Å²) in [5.74, 6) is 0.631. The van der Waals surface area contributed by atoms with Crippen molar-refractivity contribution in [2.45, 2.75) is 25.7 Å². The van der Waals surface area contributed by atoms with E-state index in [1.165, 1.54) is 0 Å². The molecule has 3 rings (SSSR count). The van der Waals surface area contributed by atoms with Gasteiger partial charge in [-0.2, -0.15) is 0 Å². The van der Waals surface area contributed by atoms with E-state index in [1.807, 2.05) is 9.80 Å². The summed E-state index contributed by atoms with van der Waals surface area (Å²) in [7, 11) is 0. The van der Waals surface area contributed by atoms with Crippen LogP contribution in [0.15, 0.2) is 24.3 Å². The maximum Gasteiger partial charge on any atom is 0.253 e. The lowest BCUT2D eigenvalue weighted by atomic mass is 9.94. The third-order valence-electron chi connectivity index (χ3n) is 5.46. The van der Waals surface area contributed by atoms with Crippen LogP contribution in [0, 0.1) is 11.8 Å². The average molecular weight is 400 g/mol. The highest BCUT2D eigenvalue weighted by molar-refractivity contribution is 6.30. The molecule has 7 heteroatoms. The Morgan fingerprint density at radius 3 is 2.35 bits per heavy atom. The lowest BCUT2D eigenvalue weighted by Crippen LogP contribution is -2.41. The first-order chi connectivity index (χ1) is 12.1. The molecule has 144 valence electrons. The Kier molecular flexibility index (Phi) is 7.74. The van der Waals surface area contributed by atoms with Crippen LogP contribution in [0.5, 0.6) is 0 Å². The Labute approximate surface area is 166 Å². The van der Waals surface area contributed by atoms with Crippen molar-refractivity contribution in [1.29, 1.82) is 0 Å². The molecule has 0 radical (unpaired) electrons. The zero-order valence-electron chi connectivity index (χ0n) is 14.9.